The van der Waals surface area contributed by atoms with Gasteiger partial charge in [-0.2, -0.15) is 10.2 Å². The summed E-state index contributed by atoms with van der Waals surface area (Å²) in [7, 11) is 2.17. The monoisotopic (exact) mass is 303 g/mol. The first kappa shape index (κ1) is 13.9. The summed E-state index contributed by atoms with van der Waals surface area (Å²) in [6, 6.07) is 9.37. The van der Waals surface area contributed by atoms with Crippen LogP contribution >= 0.6 is 11.6 Å². The van der Waals surface area contributed by atoms with E-state index in [0.717, 1.165) is 31.7 Å². The second-order valence-corrected chi connectivity index (χ2v) is 5.67. The number of piperazine rings is 1. The molecule has 1 aromatic carbocycles. The molecule has 0 unspecified atom stereocenters. The Kier molecular flexibility index (Phi) is 3.82. The van der Waals surface area contributed by atoms with E-state index in [1.54, 1.807) is 12.1 Å². The average molecular weight is 304 g/mol. The van der Waals surface area contributed by atoms with Gasteiger partial charge in [-0.3, -0.25) is 0 Å². The zero-order valence-corrected chi connectivity index (χ0v) is 12.5. The van der Waals surface area contributed by atoms with Gasteiger partial charge in [0.15, 0.2) is 0 Å². The van der Waals surface area contributed by atoms with Gasteiger partial charge in [-0.15, -0.1) is 0 Å². The normalized spacial score (nSPS) is 16.0. The molecule has 21 heavy (non-hydrogen) atoms. The van der Waals surface area contributed by atoms with Crippen molar-refractivity contribution in [3.8, 4) is 17.5 Å². The third-order valence-corrected chi connectivity index (χ3v) is 3.96. The zero-order chi connectivity index (χ0) is 14.8. The van der Waals surface area contributed by atoms with Crippen LogP contribution in [0.5, 0.6) is 0 Å². The van der Waals surface area contributed by atoms with Gasteiger partial charge in [-0.25, -0.2) is 0 Å². The number of halogens is 1. The minimum atomic E-state index is 0.347. The fraction of sp³-hybridized carbons (Fsp3) is 0.333. The van der Waals surface area contributed by atoms with Crippen molar-refractivity contribution in [3.05, 3.63) is 35.0 Å². The fourth-order valence-corrected chi connectivity index (χ4v) is 2.53. The Morgan fingerprint density at radius 3 is 2.57 bits per heavy atom. The molecule has 5 nitrogen and oxygen atoms in total. The van der Waals surface area contributed by atoms with Crippen LogP contribution in [0.2, 0.25) is 5.02 Å². The summed E-state index contributed by atoms with van der Waals surface area (Å²) in [5, 5.41) is 9.94. The molecule has 0 saturated carbocycles. The molecule has 0 spiro atoms. The van der Waals surface area contributed by atoms with E-state index in [1.807, 2.05) is 12.1 Å². The number of benzene rings is 1. The molecule has 2 heterocycles. The number of nitrogens with zero attached hydrogens (tertiary/aromatic N) is 3. The Hall–Kier alpha value is -2.03. The highest BCUT2D eigenvalue weighted by Gasteiger charge is 2.24. The number of hydrogen-bond acceptors (Lipinski definition) is 4. The predicted molar refractivity (Wildman–Crippen MR) is 80.5 cm³/mol. The van der Waals surface area contributed by atoms with E-state index in [-0.39, 0.29) is 0 Å². The number of likely N-dealkylation sites (N-methyl/N-ethyl adjacent to an activating group) is 1. The SMILES string of the molecule is C[NH+]1CCN(c2oc(-c3ccc(Cl)cc3)nc2C#N)CC1. The second-order valence-electron chi connectivity index (χ2n) is 5.24. The van der Waals surface area contributed by atoms with Crippen molar-refractivity contribution < 1.29 is 9.32 Å². The fourth-order valence-electron chi connectivity index (χ4n) is 2.41. The van der Waals surface area contributed by atoms with Crippen LogP contribution in [0.1, 0.15) is 5.69 Å². The topological polar surface area (TPSA) is 57.5 Å². The number of nitrogens with one attached hydrogen (secondary N) is 1. The highest BCUT2D eigenvalue weighted by molar-refractivity contribution is 6.30. The molecule has 108 valence electrons. The van der Waals surface area contributed by atoms with E-state index in [9.17, 15) is 5.26 Å². The van der Waals surface area contributed by atoms with Gasteiger partial charge in [0, 0.05) is 10.6 Å². The summed E-state index contributed by atoms with van der Waals surface area (Å²) in [4.78, 5) is 7.89. The quantitative estimate of drug-likeness (QED) is 0.906. The lowest BCUT2D eigenvalue weighted by Gasteiger charge is -2.29. The van der Waals surface area contributed by atoms with Crippen molar-refractivity contribution >= 4 is 17.5 Å². The van der Waals surface area contributed by atoms with Crippen LogP contribution in [-0.4, -0.2) is 38.2 Å². The molecule has 1 fully saturated rings. The molecule has 0 amide bonds. The first-order valence-electron chi connectivity index (χ1n) is 6.90. The van der Waals surface area contributed by atoms with Crippen LogP contribution in [0.4, 0.5) is 5.88 Å². The molecule has 6 heteroatoms. The molecule has 0 radical (unpaired) electrons. The third-order valence-electron chi connectivity index (χ3n) is 3.71. The Morgan fingerprint density at radius 1 is 1.29 bits per heavy atom. The van der Waals surface area contributed by atoms with E-state index in [0.29, 0.717) is 22.5 Å². The number of oxazole rings is 1. The van der Waals surface area contributed by atoms with E-state index < -0.39 is 0 Å². The summed E-state index contributed by atoms with van der Waals surface area (Å²) >= 11 is 5.88. The molecule has 1 saturated heterocycles. The van der Waals surface area contributed by atoms with Gasteiger partial charge in [-0.05, 0) is 24.3 Å². The largest absolute Gasteiger partial charge is 0.419 e. The lowest BCUT2D eigenvalue weighted by atomic mass is 10.2. The number of rotatable bonds is 2. The lowest BCUT2D eigenvalue weighted by molar-refractivity contribution is -0.880. The summed E-state index contributed by atoms with van der Waals surface area (Å²) in [5.41, 5.74) is 1.17. The van der Waals surface area contributed by atoms with E-state index in [2.05, 4.69) is 23.0 Å². The molecular formula is C15H16ClN4O+. The molecule has 1 aromatic heterocycles. The van der Waals surface area contributed by atoms with Gasteiger partial charge in [0.25, 0.3) is 0 Å². The highest BCUT2D eigenvalue weighted by atomic mass is 35.5. The zero-order valence-electron chi connectivity index (χ0n) is 11.8. The number of hydrogen-bond donors (Lipinski definition) is 1. The average Bonchev–Trinajstić information content (AvgIpc) is 2.93. The van der Waals surface area contributed by atoms with Crippen LogP contribution < -0.4 is 9.80 Å². The first-order chi connectivity index (χ1) is 10.2. The van der Waals surface area contributed by atoms with E-state index >= 15 is 0 Å². The standard InChI is InChI=1S/C15H15ClN4O/c1-19-6-8-20(9-7-19)15-13(10-17)18-14(21-15)11-2-4-12(16)5-3-11/h2-5H,6-9H2,1H3/p+1. The third kappa shape index (κ3) is 2.87. The van der Waals surface area contributed by atoms with Gasteiger partial charge in [0.1, 0.15) is 6.07 Å². The maximum Gasteiger partial charge on any atom is 0.235 e. The second kappa shape index (κ2) is 5.76. The van der Waals surface area contributed by atoms with Crippen molar-refractivity contribution in [1.82, 2.24) is 4.98 Å². The van der Waals surface area contributed by atoms with Gasteiger partial charge in [-0.1, -0.05) is 11.6 Å². The number of nitriles is 1. The van der Waals surface area contributed by atoms with Gasteiger partial charge >= 0.3 is 0 Å². The van der Waals surface area contributed by atoms with Crippen molar-refractivity contribution in [1.29, 1.82) is 5.26 Å². The molecular weight excluding hydrogens is 288 g/mol. The molecule has 1 aliphatic rings. The summed E-state index contributed by atoms with van der Waals surface area (Å²) in [6.07, 6.45) is 0. The van der Waals surface area contributed by atoms with Crippen molar-refractivity contribution in [2.24, 2.45) is 0 Å². The lowest BCUT2D eigenvalue weighted by Crippen LogP contribution is -3.12. The molecule has 0 atom stereocenters. The molecule has 2 aromatic rings. The minimum absolute atomic E-state index is 0.347. The first-order valence-corrected chi connectivity index (χ1v) is 7.28. The molecule has 1 N–H and O–H groups in total. The van der Waals surface area contributed by atoms with Gasteiger partial charge < -0.3 is 14.2 Å². The minimum Gasteiger partial charge on any atom is -0.419 e. The molecule has 0 bridgehead atoms. The highest BCUT2D eigenvalue weighted by Crippen LogP contribution is 2.28. The van der Waals surface area contributed by atoms with Crippen LogP contribution in [0.3, 0.4) is 0 Å². The van der Waals surface area contributed by atoms with Crippen molar-refractivity contribution in [2.45, 2.75) is 0 Å². The predicted octanol–water partition coefficient (Wildman–Crippen LogP) is 1.20. The van der Waals surface area contributed by atoms with Crippen molar-refractivity contribution in [3.63, 3.8) is 0 Å². The Labute approximate surface area is 128 Å². The van der Waals surface area contributed by atoms with E-state index in [1.165, 1.54) is 4.90 Å². The maximum atomic E-state index is 9.28. The van der Waals surface area contributed by atoms with Crippen LogP contribution in [0, 0.1) is 11.3 Å². The number of quaternary nitrogens is 1. The van der Waals surface area contributed by atoms with Gasteiger partial charge in [0.05, 0.1) is 33.2 Å². The van der Waals surface area contributed by atoms with Crippen molar-refractivity contribution in [2.75, 3.05) is 38.1 Å². The van der Waals surface area contributed by atoms with Gasteiger partial charge in [0.2, 0.25) is 17.5 Å². The summed E-state index contributed by atoms with van der Waals surface area (Å²) in [5.74, 6) is 1.04. The number of aromatic nitrogens is 1. The molecule has 3 rings (SSSR count). The Morgan fingerprint density at radius 2 is 1.95 bits per heavy atom. The Bertz CT molecular complexity index is 666. The summed E-state index contributed by atoms with van der Waals surface area (Å²) in [6.45, 7) is 3.80. The van der Waals surface area contributed by atoms with Crippen LogP contribution in [-0.2, 0) is 0 Å². The summed E-state index contributed by atoms with van der Waals surface area (Å²) < 4.78 is 5.85. The van der Waals surface area contributed by atoms with E-state index in [4.69, 9.17) is 16.0 Å². The molecule has 1 aliphatic heterocycles. The maximum absolute atomic E-state index is 9.28. The molecule has 0 aliphatic carbocycles. The van der Waals surface area contributed by atoms with Crippen LogP contribution in [0.15, 0.2) is 28.7 Å². The number of anilines is 1. The van der Waals surface area contributed by atoms with Crippen LogP contribution in [0.25, 0.3) is 11.5 Å². The smallest absolute Gasteiger partial charge is 0.235 e. The Balaban J connectivity index is 1.91.